The van der Waals surface area contributed by atoms with Gasteiger partial charge in [-0.25, -0.2) is 13.0 Å². The largest absolute Gasteiger partial charge is 2.00 e. The summed E-state index contributed by atoms with van der Waals surface area (Å²) in [6.07, 6.45) is 21.8. The molecule has 0 spiro atoms. The molecule has 14 nitrogen and oxygen atoms in total. The number of nitrogens with zero attached hydrogens (tertiary/aromatic N) is 4. The number of unbranched alkanes of at least 4 members (excludes halogenated alkanes) is 7. The van der Waals surface area contributed by atoms with Crippen molar-refractivity contribution in [3.8, 4) is 0 Å². The molecular formula is C66H112N10O4W. The number of rotatable bonds is 24. The SMILES string of the molecule is C=C(CNC)NC(C(=O)N1CCN(C(=C)CCCCCCCCCCC(=O)N2CCN(C(=C)[CH-]C(C)(C)C)C(C=O)C2)CC1C)C(C)(C)C.CC.CNC1CCCc2ccccc21.CNC[NH-].O=CNC1CCCc2ccccc21.[W+2]. The van der Waals surface area contributed by atoms with E-state index in [2.05, 4.69) is 149 Å². The van der Waals surface area contributed by atoms with Gasteiger partial charge in [0.15, 0.2) is 0 Å². The van der Waals surface area contributed by atoms with E-state index < -0.39 is 0 Å². The number of likely N-dealkylation sites (N-methyl/N-ethyl adjacent to an activating group) is 1. The van der Waals surface area contributed by atoms with Crippen LogP contribution >= 0.6 is 0 Å². The Labute approximate surface area is 507 Å². The molecule has 15 heteroatoms. The van der Waals surface area contributed by atoms with Crippen LogP contribution in [0.15, 0.2) is 85.4 Å². The van der Waals surface area contributed by atoms with Crippen molar-refractivity contribution in [1.82, 2.24) is 46.2 Å². The van der Waals surface area contributed by atoms with Crippen molar-refractivity contribution in [2.24, 2.45) is 10.8 Å². The fraction of sp³-hybridized carbons (Fsp3) is 0.652. The van der Waals surface area contributed by atoms with Gasteiger partial charge in [-0.2, -0.15) is 0 Å². The normalized spacial score (nSPS) is 18.7. The summed E-state index contributed by atoms with van der Waals surface area (Å²) in [5.74, 6) is 0.311. The summed E-state index contributed by atoms with van der Waals surface area (Å²) < 4.78 is 0. The van der Waals surface area contributed by atoms with Gasteiger partial charge in [0, 0.05) is 75.7 Å². The van der Waals surface area contributed by atoms with E-state index in [4.69, 9.17) is 5.73 Å². The van der Waals surface area contributed by atoms with E-state index in [0.29, 0.717) is 51.9 Å². The van der Waals surface area contributed by atoms with Gasteiger partial charge in [0.05, 0.1) is 12.1 Å². The van der Waals surface area contributed by atoms with E-state index in [9.17, 15) is 19.2 Å². The van der Waals surface area contributed by atoms with Gasteiger partial charge in [-0.05, 0) is 114 Å². The second-order valence-electron chi connectivity index (χ2n) is 23.9. The first kappa shape index (κ1) is 74.6. The van der Waals surface area contributed by atoms with Crippen molar-refractivity contribution in [2.45, 2.75) is 195 Å². The molecule has 6 N–H and O–H groups in total. The third kappa shape index (κ3) is 27.2. The van der Waals surface area contributed by atoms with Crippen LogP contribution in [0.1, 0.15) is 187 Å². The van der Waals surface area contributed by atoms with Gasteiger partial charge < -0.3 is 56.7 Å². The van der Waals surface area contributed by atoms with Crippen molar-refractivity contribution in [2.75, 3.05) is 73.6 Å². The van der Waals surface area contributed by atoms with Crippen LogP contribution in [0.2, 0.25) is 0 Å². The number of carbonyl (C=O) groups excluding carboxylic acids is 4. The predicted molar refractivity (Wildman–Crippen MR) is 336 cm³/mol. The van der Waals surface area contributed by atoms with Crippen molar-refractivity contribution >= 4 is 24.5 Å². The maximum absolute atomic E-state index is 13.6. The molecule has 0 aromatic heterocycles. The molecule has 2 aromatic carbocycles. The topological polar surface area (TPSA) is 165 Å². The quantitative estimate of drug-likeness (QED) is 0.0388. The molecule has 5 atom stereocenters. The summed E-state index contributed by atoms with van der Waals surface area (Å²) >= 11 is 0. The molecule has 456 valence electrons. The van der Waals surface area contributed by atoms with Gasteiger partial charge in [0.1, 0.15) is 12.3 Å². The number of fused-ring (bicyclic) bond motifs is 2. The molecule has 2 aromatic rings. The Morgan fingerprint density at radius 2 is 1.22 bits per heavy atom. The predicted octanol–water partition coefficient (Wildman–Crippen LogP) is 11.5. The van der Waals surface area contributed by atoms with Gasteiger partial charge in [0.25, 0.3) is 0 Å². The third-order valence-electron chi connectivity index (χ3n) is 15.2. The van der Waals surface area contributed by atoms with Crippen LogP contribution in [-0.4, -0.2) is 136 Å². The number of aldehydes is 1. The number of benzene rings is 2. The van der Waals surface area contributed by atoms with Crippen LogP contribution in [0.25, 0.3) is 5.73 Å². The Morgan fingerprint density at radius 3 is 1.72 bits per heavy atom. The minimum absolute atomic E-state index is 0. The van der Waals surface area contributed by atoms with E-state index in [-0.39, 0.29) is 67.9 Å². The van der Waals surface area contributed by atoms with Gasteiger partial charge in [0.2, 0.25) is 18.2 Å². The fourth-order valence-electron chi connectivity index (χ4n) is 11.0. The molecule has 4 aliphatic rings. The summed E-state index contributed by atoms with van der Waals surface area (Å²) in [5.41, 5.74) is 14.7. The number of hydrogen-bond donors (Lipinski definition) is 5. The first-order chi connectivity index (χ1) is 38.2. The number of aryl methyl sites for hydroxylation is 2. The monoisotopic (exact) mass is 1290 g/mol. The Balaban J connectivity index is 0.000000813. The first-order valence-corrected chi connectivity index (χ1v) is 30.4. The number of allylic oxidation sites excluding steroid dienone is 2. The van der Waals surface area contributed by atoms with Crippen LogP contribution < -0.4 is 26.6 Å². The standard InChI is InChI=1S/C40H71N6O3.C11H13NO.C11H15N.C2H7N2.C2H6.W/c1-31(27-41-11)42-37(40(8,9)10)38(49)46-25-22-43(28-34(46)4)32(2)20-18-16-14-12-13-15-17-19-21-36(48)44-23-24-45(35(29-44)30-47)33(3)26-39(5,6)7;13-8-12-11-7-3-5-9-4-1-2-6-10(9)11;1-12-11-8-4-6-9-5-2-3-7-10(9)11;1-4-2-3;1-2;/h26,30,34-35,37,41-42H,1-3,12-25,27-29H2,4-11H3;1-2,4,6,8,11H,3,5,7H2,(H,12,13);2-3,5,7,11-12H,4,6,8H2,1H3;3-4H,2H2,1H3;1-2H3;/q-1;;;-1;;+2. The van der Waals surface area contributed by atoms with Crippen molar-refractivity contribution in [3.05, 3.63) is 120 Å². The number of amides is 3. The Hall–Kier alpha value is -4.46. The van der Waals surface area contributed by atoms with Gasteiger partial charge in [-0.1, -0.05) is 161 Å². The van der Waals surface area contributed by atoms with E-state index in [0.717, 1.165) is 82.1 Å². The number of carbonyl (C=O) groups is 4. The summed E-state index contributed by atoms with van der Waals surface area (Å²) in [6, 6.07) is 17.4. The van der Waals surface area contributed by atoms with Crippen molar-refractivity contribution in [3.63, 3.8) is 0 Å². The van der Waals surface area contributed by atoms with Crippen LogP contribution in [0.5, 0.6) is 0 Å². The maximum Gasteiger partial charge on any atom is 2.00 e. The first-order valence-electron chi connectivity index (χ1n) is 30.4. The third-order valence-corrected chi connectivity index (χ3v) is 15.2. The zero-order chi connectivity index (χ0) is 59.7. The molecule has 6 rings (SSSR count). The van der Waals surface area contributed by atoms with E-state index in [1.165, 1.54) is 79.3 Å². The molecule has 5 unspecified atom stereocenters. The van der Waals surface area contributed by atoms with Crippen molar-refractivity contribution < 1.29 is 40.2 Å². The molecule has 2 fully saturated rings. The molecular weight excluding hydrogens is 1180 g/mol. The summed E-state index contributed by atoms with van der Waals surface area (Å²) in [6.45, 7) is 36.5. The second-order valence-corrected chi connectivity index (χ2v) is 23.9. The summed E-state index contributed by atoms with van der Waals surface area (Å²) in [7, 11) is 5.67. The molecule has 0 radical (unpaired) electrons. The summed E-state index contributed by atoms with van der Waals surface area (Å²) in [5, 5.41) is 15.3. The Bertz CT molecular complexity index is 2140. The maximum atomic E-state index is 13.6. The molecule has 2 heterocycles. The number of nitrogens with one attached hydrogen (secondary N) is 6. The molecule has 0 saturated carbocycles. The van der Waals surface area contributed by atoms with E-state index in [1.807, 2.05) is 48.7 Å². The van der Waals surface area contributed by atoms with Crippen LogP contribution in [0, 0.1) is 17.3 Å². The van der Waals surface area contributed by atoms with Gasteiger partial charge >= 0.3 is 21.1 Å². The van der Waals surface area contributed by atoms with Crippen LogP contribution in [-0.2, 0) is 53.1 Å². The minimum Gasteiger partial charge on any atom is -0.665 e. The zero-order valence-corrected chi connectivity index (χ0v) is 55.6. The zero-order valence-electron chi connectivity index (χ0n) is 52.7. The van der Waals surface area contributed by atoms with E-state index >= 15 is 0 Å². The molecule has 81 heavy (non-hydrogen) atoms. The Morgan fingerprint density at radius 1 is 0.716 bits per heavy atom. The molecule has 2 aliphatic heterocycles. The van der Waals surface area contributed by atoms with Crippen molar-refractivity contribution in [1.29, 1.82) is 0 Å². The molecule has 2 saturated heterocycles. The fourth-order valence-corrected chi connectivity index (χ4v) is 11.0. The second kappa shape index (κ2) is 40.7. The molecule has 3 amide bonds. The van der Waals surface area contributed by atoms with Gasteiger partial charge in [-0.15, -0.1) is 12.4 Å². The van der Waals surface area contributed by atoms with Crippen LogP contribution in [0.3, 0.4) is 0 Å². The van der Waals surface area contributed by atoms with E-state index in [1.54, 1.807) is 7.05 Å². The molecule has 0 bridgehead atoms. The minimum atomic E-state index is -0.325. The van der Waals surface area contributed by atoms with Crippen LogP contribution in [0.4, 0.5) is 0 Å². The molecule has 2 aliphatic carbocycles. The average molecular weight is 1290 g/mol. The number of hydrogen-bond acceptors (Lipinski definition) is 10. The Kier molecular flexibility index (Phi) is 37.5. The average Bonchev–Trinajstić information content (AvgIpc) is 3.45. The van der Waals surface area contributed by atoms with Gasteiger partial charge in [-0.3, -0.25) is 14.4 Å². The smallest absolute Gasteiger partial charge is 0.665 e. The number of piperazine rings is 2. The summed E-state index contributed by atoms with van der Waals surface area (Å²) in [4.78, 5) is 57.0.